The molecule has 5 nitrogen and oxygen atoms in total. The first-order valence-electron chi connectivity index (χ1n) is 5.10. The van der Waals surface area contributed by atoms with Crippen molar-refractivity contribution in [3.8, 4) is 5.75 Å². The third-order valence-electron chi connectivity index (χ3n) is 1.97. The Balaban J connectivity index is 2.76. The second-order valence-corrected chi connectivity index (χ2v) is 3.17. The highest BCUT2D eigenvalue weighted by Gasteiger charge is 2.07. The number of aliphatic hydroxyl groups is 1. The molecule has 0 spiro atoms. The first-order valence-corrected chi connectivity index (χ1v) is 5.10. The third-order valence-corrected chi connectivity index (χ3v) is 1.97. The van der Waals surface area contributed by atoms with E-state index in [4.69, 9.17) is 15.6 Å². The number of nitrogen functional groups attached to an aromatic ring is 1. The highest BCUT2D eigenvalue weighted by atomic mass is 16.5. The first kappa shape index (κ1) is 12.3. The number of carbonyl (C=O) groups excluding carboxylic acids is 1. The smallest absolute Gasteiger partial charge is 0.251 e. The SMILES string of the molecule is CCOc1ccc(C(=O)NCCO)cc1N. The van der Waals surface area contributed by atoms with Crippen molar-refractivity contribution in [2.24, 2.45) is 0 Å². The van der Waals surface area contributed by atoms with E-state index in [9.17, 15) is 4.79 Å². The molecular formula is C11H16N2O3. The lowest BCUT2D eigenvalue weighted by Crippen LogP contribution is -2.26. The van der Waals surface area contributed by atoms with E-state index >= 15 is 0 Å². The van der Waals surface area contributed by atoms with Crippen LogP contribution in [-0.4, -0.2) is 30.8 Å². The average molecular weight is 224 g/mol. The van der Waals surface area contributed by atoms with Crippen molar-refractivity contribution in [1.82, 2.24) is 5.32 Å². The number of hydrogen-bond acceptors (Lipinski definition) is 4. The van der Waals surface area contributed by atoms with Gasteiger partial charge in [-0.25, -0.2) is 0 Å². The maximum atomic E-state index is 11.5. The molecule has 16 heavy (non-hydrogen) atoms. The Hall–Kier alpha value is -1.75. The minimum atomic E-state index is -0.260. The van der Waals surface area contributed by atoms with Crippen LogP contribution in [-0.2, 0) is 0 Å². The Bertz CT molecular complexity index is 366. The highest BCUT2D eigenvalue weighted by molar-refractivity contribution is 5.95. The van der Waals surface area contributed by atoms with Gasteiger partial charge in [0.25, 0.3) is 5.91 Å². The van der Waals surface area contributed by atoms with E-state index in [1.807, 2.05) is 6.92 Å². The van der Waals surface area contributed by atoms with Gasteiger partial charge in [-0.15, -0.1) is 0 Å². The molecule has 4 N–H and O–H groups in total. The number of rotatable bonds is 5. The lowest BCUT2D eigenvalue weighted by Gasteiger charge is -2.08. The molecule has 0 radical (unpaired) electrons. The summed E-state index contributed by atoms with van der Waals surface area (Å²) in [6, 6.07) is 4.85. The second kappa shape index (κ2) is 5.97. The Morgan fingerprint density at radius 2 is 2.31 bits per heavy atom. The van der Waals surface area contributed by atoms with Crippen LogP contribution in [0, 0.1) is 0 Å². The summed E-state index contributed by atoms with van der Waals surface area (Å²) in [5, 5.41) is 11.1. The molecule has 0 saturated carbocycles. The van der Waals surface area contributed by atoms with Gasteiger partial charge in [-0.1, -0.05) is 0 Å². The molecule has 1 aromatic rings. The molecule has 0 aliphatic carbocycles. The maximum absolute atomic E-state index is 11.5. The zero-order chi connectivity index (χ0) is 12.0. The van der Waals surface area contributed by atoms with Crippen molar-refractivity contribution in [2.45, 2.75) is 6.92 Å². The monoisotopic (exact) mass is 224 g/mol. The van der Waals surface area contributed by atoms with Crippen LogP contribution in [0.3, 0.4) is 0 Å². The summed E-state index contributed by atoms with van der Waals surface area (Å²) in [4.78, 5) is 11.5. The van der Waals surface area contributed by atoms with Gasteiger partial charge in [0.2, 0.25) is 0 Å². The largest absolute Gasteiger partial charge is 0.492 e. The molecule has 1 amide bonds. The molecule has 0 aliphatic heterocycles. The lowest BCUT2D eigenvalue weighted by atomic mass is 10.2. The molecule has 0 aromatic heterocycles. The average Bonchev–Trinajstić information content (AvgIpc) is 2.29. The zero-order valence-corrected chi connectivity index (χ0v) is 9.19. The fraction of sp³-hybridized carbons (Fsp3) is 0.364. The van der Waals surface area contributed by atoms with Gasteiger partial charge >= 0.3 is 0 Å². The van der Waals surface area contributed by atoms with E-state index in [1.165, 1.54) is 0 Å². The predicted octanol–water partition coefficient (Wildman–Crippen LogP) is 0.390. The number of nitrogens with one attached hydrogen (secondary N) is 1. The summed E-state index contributed by atoms with van der Waals surface area (Å²) in [5.74, 6) is 0.310. The fourth-order valence-electron chi connectivity index (χ4n) is 1.25. The lowest BCUT2D eigenvalue weighted by molar-refractivity contribution is 0.0945. The molecule has 0 fully saturated rings. The molecule has 0 atom stereocenters. The van der Waals surface area contributed by atoms with Gasteiger partial charge in [0.15, 0.2) is 0 Å². The van der Waals surface area contributed by atoms with E-state index in [0.29, 0.717) is 23.6 Å². The van der Waals surface area contributed by atoms with Crippen LogP contribution in [0.15, 0.2) is 18.2 Å². The fourth-order valence-corrected chi connectivity index (χ4v) is 1.25. The van der Waals surface area contributed by atoms with Crippen molar-refractivity contribution in [2.75, 3.05) is 25.5 Å². The Morgan fingerprint density at radius 1 is 1.56 bits per heavy atom. The zero-order valence-electron chi connectivity index (χ0n) is 9.19. The van der Waals surface area contributed by atoms with Gasteiger partial charge in [0.05, 0.1) is 18.9 Å². The normalized spacial score (nSPS) is 9.88. The Kier molecular flexibility index (Phi) is 4.60. The minimum absolute atomic E-state index is 0.0851. The van der Waals surface area contributed by atoms with E-state index in [-0.39, 0.29) is 19.1 Å². The van der Waals surface area contributed by atoms with Gasteiger partial charge < -0.3 is 20.9 Å². The number of ether oxygens (including phenoxy) is 1. The van der Waals surface area contributed by atoms with Crippen molar-refractivity contribution in [1.29, 1.82) is 0 Å². The first-order chi connectivity index (χ1) is 7.69. The standard InChI is InChI=1S/C11H16N2O3/c1-2-16-10-4-3-8(7-9(10)12)11(15)13-5-6-14/h3-4,7,14H,2,5-6,12H2,1H3,(H,13,15). The van der Waals surface area contributed by atoms with Gasteiger partial charge in [-0.2, -0.15) is 0 Å². The quantitative estimate of drug-likeness (QED) is 0.632. The van der Waals surface area contributed by atoms with Gasteiger partial charge in [-0.3, -0.25) is 4.79 Å². The molecular weight excluding hydrogens is 208 g/mol. The molecule has 1 aromatic carbocycles. The summed E-state index contributed by atoms with van der Waals surface area (Å²) in [5.41, 5.74) is 6.60. The van der Waals surface area contributed by atoms with Crippen LogP contribution in [0.25, 0.3) is 0 Å². The predicted molar refractivity (Wildman–Crippen MR) is 61.4 cm³/mol. The number of aliphatic hydroxyl groups excluding tert-OH is 1. The van der Waals surface area contributed by atoms with E-state index in [1.54, 1.807) is 18.2 Å². The summed E-state index contributed by atoms with van der Waals surface area (Å²) in [7, 11) is 0. The molecule has 0 heterocycles. The number of carbonyl (C=O) groups is 1. The van der Waals surface area contributed by atoms with E-state index in [2.05, 4.69) is 5.32 Å². The van der Waals surface area contributed by atoms with Crippen LogP contribution in [0.5, 0.6) is 5.75 Å². The van der Waals surface area contributed by atoms with Crippen LogP contribution < -0.4 is 15.8 Å². The third kappa shape index (κ3) is 3.13. The van der Waals surface area contributed by atoms with Crippen LogP contribution in [0.2, 0.25) is 0 Å². The van der Waals surface area contributed by atoms with Crippen molar-refractivity contribution >= 4 is 11.6 Å². The molecule has 0 unspecified atom stereocenters. The van der Waals surface area contributed by atoms with Gasteiger partial charge in [0, 0.05) is 12.1 Å². The number of anilines is 1. The number of nitrogens with two attached hydrogens (primary N) is 1. The second-order valence-electron chi connectivity index (χ2n) is 3.17. The number of hydrogen-bond donors (Lipinski definition) is 3. The van der Waals surface area contributed by atoms with E-state index in [0.717, 1.165) is 0 Å². The topological polar surface area (TPSA) is 84.6 Å². The molecule has 5 heteroatoms. The molecule has 0 bridgehead atoms. The summed E-state index contributed by atoms with van der Waals surface area (Å²) in [6.45, 7) is 2.53. The Labute approximate surface area is 94.2 Å². The maximum Gasteiger partial charge on any atom is 0.251 e. The minimum Gasteiger partial charge on any atom is -0.492 e. The van der Waals surface area contributed by atoms with E-state index < -0.39 is 0 Å². The van der Waals surface area contributed by atoms with Gasteiger partial charge in [-0.05, 0) is 25.1 Å². The summed E-state index contributed by atoms with van der Waals surface area (Å²) < 4.78 is 5.26. The summed E-state index contributed by atoms with van der Waals surface area (Å²) in [6.07, 6.45) is 0. The van der Waals surface area contributed by atoms with Gasteiger partial charge in [0.1, 0.15) is 5.75 Å². The van der Waals surface area contributed by atoms with Crippen LogP contribution >= 0.6 is 0 Å². The molecule has 0 aliphatic rings. The molecule has 0 saturated heterocycles. The number of amides is 1. The number of benzene rings is 1. The highest BCUT2D eigenvalue weighted by Crippen LogP contribution is 2.22. The van der Waals surface area contributed by atoms with Crippen molar-refractivity contribution in [3.63, 3.8) is 0 Å². The van der Waals surface area contributed by atoms with Crippen LogP contribution in [0.4, 0.5) is 5.69 Å². The van der Waals surface area contributed by atoms with Crippen molar-refractivity contribution in [3.05, 3.63) is 23.8 Å². The molecule has 88 valence electrons. The van der Waals surface area contributed by atoms with Crippen molar-refractivity contribution < 1.29 is 14.6 Å². The molecule has 1 rings (SSSR count). The Morgan fingerprint density at radius 3 is 2.88 bits per heavy atom. The van der Waals surface area contributed by atoms with Crippen LogP contribution in [0.1, 0.15) is 17.3 Å². The summed E-state index contributed by atoms with van der Waals surface area (Å²) >= 11 is 0.